The Morgan fingerprint density at radius 2 is 1.90 bits per heavy atom. The van der Waals surface area contributed by atoms with E-state index in [4.69, 9.17) is 19.2 Å². The topological polar surface area (TPSA) is 69.9 Å². The number of benzene rings is 2. The standard InChI is InChI=1S/C24H24N4O3/c1-16(11-18-5-8-20-21(12-18)31-15-30-20)23-24(28-10-9-25-14-22(28)27-23)26-13-17-3-6-19(29-2)7-4-17/h3-10,12,14,16,26H,11,13,15H2,1-2H3/t16-/m1/s1. The Morgan fingerprint density at radius 3 is 2.74 bits per heavy atom. The lowest BCUT2D eigenvalue weighted by Crippen LogP contribution is -2.07. The van der Waals surface area contributed by atoms with E-state index in [0.29, 0.717) is 6.54 Å². The van der Waals surface area contributed by atoms with Crippen LogP contribution >= 0.6 is 0 Å². The van der Waals surface area contributed by atoms with Crippen LogP contribution in [0.5, 0.6) is 17.2 Å². The zero-order chi connectivity index (χ0) is 21.2. The Labute approximate surface area is 180 Å². The van der Waals surface area contributed by atoms with Crippen molar-refractivity contribution < 1.29 is 14.2 Å². The van der Waals surface area contributed by atoms with E-state index in [1.54, 1.807) is 19.5 Å². The molecule has 1 N–H and O–H groups in total. The molecule has 7 nitrogen and oxygen atoms in total. The van der Waals surface area contributed by atoms with Crippen LogP contribution in [0.25, 0.3) is 5.65 Å². The number of hydrogen-bond acceptors (Lipinski definition) is 6. The Balaban J connectivity index is 1.40. The minimum atomic E-state index is 0.193. The lowest BCUT2D eigenvalue weighted by Gasteiger charge is -2.14. The molecule has 2 aromatic carbocycles. The van der Waals surface area contributed by atoms with Gasteiger partial charge >= 0.3 is 0 Å². The molecule has 0 spiro atoms. The Bertz CT molecular complexity index is 1200. The molecule has 0 aliphatic carbocycles. The highest BCUT2D eigenvalue weighted by Gasteiger charge is 2.20. The smallest absolute Gasteiger partial charge is 0.231 e. The molecule has 2 aromatic heterocycles. The molecule has 0 saturated carbocycles. The summed E-state index contributed by atoms with van der Waals surface area (Å²) in [5, 5.41) is 3.59. The maximum absolute atomic E-state index is 5.53. The number of rotatable bonds is 7. The van der Waals surface area contributed by atoms with Gasteiger partial charge in [0, 0.05) is 24.9 Å². The van der Waals surface area contributed by atoms with Gasteiger partial charge in [-0.2, -0.15) is 0 Å². The number of fused-ring (bicyclic) bond motifs is 2. The van der Waals surface area contributed by atoms with Crippen molar-refractivity contribution in [1.82, 2.24) is 14.4 Å². The Kier molecular flexibility index (Phi) is 5.08. The SMILES string of the molecule is COc1ccc(CNc2c([C@H](C)Cc3ccc4c(c3)OCO4)nc3cnccn23)cc1. The maximum Gasteiger partial charge on any atom is 0.231 e. The first-order chi connectivity index (χ1) is 15.2. The molecule has 0 unspecified atom stereocenters. The van der Waals surface area contributed by atoms with Gasteiger partial charge < -0.3 is 19.5 Å². The number of anilines is 1. The largest absolute Gasteiger partial charge is 0.497 e. The number of nitrogens with zero attached hydrogens (tertiary/aromatic N) is 3. The Morgan fingerprint density at radius 1 is 1.10 bits per heavy atom. The zero-order valence-electron chi connectivity index (χ0n) is 17.5. The van der Waals surface area contributed by atoms with Crippen LogP contribution in [0.4, 0.5) is 5.82 Å². The van der Waals surface area contributed by atoms with E-state index in [2.05, 4.69) is 45.9 Å². The van der Waals surface area contributed by atoms with E-state index >= 15 is 0 Å². The first-order valence-electron chi connectivity index (χ1n) is 10.3. The van der Waals surface area contributed by atoms with Crippen LogP contribution in [0, 0.1) is 0 Å². The van der Waals surface area contributed by atoms with Gasteiger partial charge in [0.05, 0.1) is 19.0 Å². The van der Waals surface area contributed by atoms with Crippen LogP contribution in [0.1, 0.15) is 29.7 Å². The fourth-order valence-corrected chi connectivity index (χ4v) is 3.89. The van der Waals surface area contributed by atoms with Crippen molar-refractivity contribution in [3.8, 4) is 17.2 Å². The summed E-state index contributed by atoms with van der Waals surface area (Å²) in [6, 6.07) is 14.2. The summed E-state index contributed by atoms with van der Waals surface area (Å²) in [6.45, 7) is 3.16. The molecule has 1 aliphatic rings. The van der Waals surface area contributed by atoms with E-state index in [0.717, 1.165) is 40.8 Å². The van der Waals surface area contributed by atoms with Crippen LogP contribution in [-0.2, 0) is 13.0 Å². The number of imidazole rings is 1. The second-order valence-corrected chi connectivity index (χ2v) is 7.64. The number of aromatic nitrogens is 3. The van der Waals surface area contributed by atoms with Crippen molar-refractivity contribution in [3.63, 3.8) is 0 Å². The normalized spacial score (nSPS) is 13.4. The molecule has 0 bridgehead atoms. The first kappa shape index (κ1) is 19.2. The second kappa shape index (κ2) is 8.18. The monoisotopic (exact) mass is 416 g/mol. The van der Waals surface area contributed by atoms with Gasteiger partial charge in [-0.1, -0.05) is 25.1 Å². The van der Waals surface area contributed by atoms with Crippen LogP contribution in [0.2, 0.25) is 0 Å². The van der Waals surface area contributed by atoms with Gasteiger partial charge in [-0.15, -0.1) is 0 Å². The lowest BCUT2D eigenvalue weighted by atomic mass is 9.97. The molecule has 4 aromatic rings. The minimum Gasteiger partial charge on any atom is -0.497 e. The highest BCUT2D eigenvalue weighted by Crippen LogP contribution is 2.35. The van der Waals surface area contributed by atoms with Crippen molar-refractivity contribution in [2.24, 2.45) is 0 Å². The highest BCUT2D eigenvalue weighted by molar-refractivity contribution is 5.56. The van der Waals surface area contributed by atoms with Gasteiger partial charge in [-0.25, -0.2) is 4.98 Å². The predicted octanol–water partition coefficient (Wildman–Crippen LogP) is 4.42. The molecular formula is C24H24N4O3. The second-order valence-electron chi connectivity index (χ2n) is 7.64. The van der Waals surface area contributed by atoms with Gasteiger partial charge in [0.25, 0.3) is 0 Å². The average Bonchev–Trinajstić information content (AvgIpc) is 3.42. The maximum atomic E-state index is 5.53. The van der Waals surface area contributed by atoms with Gasteiger partial charge in [0.2, 0.25) is 6.79 Å². The molecule has 0 saturated heterocycles. The Hall–Kier alpha value is -3.74. The minimum absolute atomic E-state index is 0.193. The third kappa shape index (κ3) is 3.86. The van der Waals surface area contributed by atoms with Gasteiger partial charge in [-0.3, -0.25) is 9.38 Å². The summed E-state index contributed by atoms with van der Waals surface area (Å²) in [4.78, 5) is 9.11. The molecule has 3 heterocycles. The molecule has 1 atom stereocenters. The lowest BCUT2D eigenvalue weighted by molar-refractivity contribution is 0.174. The first-order valence-corrected chi connectivity index (χ1v) is 10.3. The van der Waals surface area contributed by atoms with Gasteiger partial charge in [0.1, 0.15) is 11.6 Å². The van der Waals surface area contributed by atoms with Crippen molar-refractivity contribution in [1.29, 1.82) is 0 Å². The fourth-order valence-electron chi connectivity index (χ4n) is 3.89. The van der Waals surface area contributed by atoms with Crippen LogP contribution in [-0.4, -0.2) is 28.3 Å². The van der Waals surface area contributed by atoms with Gasteiger partial charge in [0.15, 0.2) is 17.1 Å². The van der Waals surface area contributed by atoms with E-state index in [1.165, 1.54) is 11.1 Å². The average molecular weight is 416 g/mol. The molecule has 0 fully saturated rings. The summed E-state index contributed by atoms with van der Waals surface area (Å²) in [6.07, 6.45) is 6.34. The van der Waals surface area contributed by atoms with Crippen molar-refractivity contribution in [2.45, 2.75) is 25.8 Å². The van der Waals surface area contributed by atoms with Gasteiger partial charge in [-0.05, 0) is 41.8 Å². The quantitative estimate of drug-likeness (QED) is 0.481. The van der Waals surface area contributed by atoms with E-state index < -0.39 is 0 Å². The molecule has 0 radical (unpaired) electrons. The van der Waals surface area contributed by atoms with Crippen LogP contribution in [0.15, 0.2) is 61.1 Å². The van der Waals surface area contributed by atoms with Crippen LogP contribution in [0.3, 0.4) is 0 Å². The third-order valence-corrected chi connectivity index (χ3v) is 5.52. The molecule has 1 aliphatic heterocycles. The summed E-state index contributed by atoms with van der Waals surface area (Å²) in [7, 11) is 1.67. The fraction of sp³-hybridized carbons (Fsp3) is 0.250. The van der Waals surface area contributed by atoms with E-state index in [-0.39, 0.29) is 12.7 Å². The summed E-state index contributed by atoms with van der Waals surface area (Å²) in [5.74, 6) is 3.64. The number of hydrogen-bond donors (Lipinski definition) is 1. The summed E-state index contributed by atoms with van der Waals surface area (Å²) in [5.41, 5.74) is 4.19. The van der Waals surface area contributed by atoms with Crippen molar-refractivity contribution in [3.05, 3.63) is 77.9 Å². The molecular weight excluding hydrogens is 392 g/mol. The molecule has 5 rings (SSSR count). The molecule has 0 amide bonds. The number of methoxy groups -OCH3 is 1. The van der Waals surface area contributed by atoms with E-state index in [9.17, 15) is 0 Å². The summed E-state index contributed by atoms with van der Waals surface area (Å²) >= 11 is 0. The highest BCUT2D eigenvalue weighted by atomic mass is 16.7. The van der Waals surface area contributed by atoms with Crippen molar-refractivity contribution in [2.75, 3.05) is 19.2 Å². The molecule has 158 valence electrons. The third-order valence-electron chi connectivity index (χ3n) is 5.52. The molecule has 7 heteroatoms. The van der Waals surface area contributed by atoms with Crippen molar-refractivity contribution >= 4 is 11.5 Å². The summed E-state index contributed by atoms with van der Waals surface area (Å²) < 4.78 is 18.3. The molecule has 31 heavy (non-hydrogen) atoms. The predicted molar refractivity (Wildman–Crippen MR) is 118 cm³/mol. The number of ether oxygens (including phenoxy) is 3. The van der Waals surface area contributed by atoms with E-state index in [1.807, 2.05) is 24.4 Å². The zero-order valence-corrected chi connectivity index (χ0v) is 17.5. The number of nitrogens with one attached hydrogen (secondary N) is 1. The van der Waals surface area contributed by atoms with Crippen LogP contribution < -0.4 is 19.5 Å².